The van der Waals surface area contributed by atoms with Gasteiger partial charge in [0.1, 0.15) is 5.69 Å². The quantitative estimate of drug-likeness (QED) is 0.392. The Morgan fingerprint density at radius 2 is 2.35 bits per heavy atom. The molecule has 1 aliphatic heterocycles. The van der Waals surface area contributed by atoms with Gasteiger partial charge in [0.25, 0.3) is 17.1 Å². The Hall–Kier alpha value is -2.76. The minimum atomic E-state index is -2.34. The van der Waals surface area contributed by atoms with Crippen LogP contribution in [0.1, 0.15) is 9.68 Å². The van der Waals surface area contributed by atoms with Crippen LogP contribution >= 0.6 is 0 Å². The van der Waals surface area contributed by atoms with Crippen molar-refractivity contribution >= 4 is 16.9 Å². The van der Waals surface area contributed by atoms with Crippen LogP contribution in [0.2, 0.25) is 0 Å². The zero-order valence-electron chi connectivity index (χ0n) is 13.4. The van der Waals surface area contributed by atoms with Crippen molar-refractivity contribution in [2.75, 3.05) is 0 Å². The van der Waals surface area contributed by atoms with E-state index in [1.165, 1.54) is 4.57 Å². The lowest BCUT2D eigenvalue weighted by Gasteiger charge is -1.94. The molecule has 0 saturated carbocycles. The van der Waals surface area contributed by atoms with E-state index in [0.29, 0.717) is 29.4 Å². The van der Waals surface area contributed by atoms with Crippen LogP contribution in [-0.2, 0) is 13.5 Å². The van der Waals surface area contributed by atoms with Gasteiger partial charge in [0.15, 0.2) is 6.33 Å². The Kier molecular flexibility index (Phi) is 1.24. The number of hydrogen-bond donors (Lipinski definition) is 0. The first-order valence-electron chi connectivity index (χ1n) is 7.77. The lowest BCUT2D eigenvalue weighted by Crippen LogP contribution is -2.32. The predicted molar refractivity (Wildman–Crippen MR) is 72.0 cm³/mol. The van der Waals surface area contributed by atoms with Crippen molar-refractivity contribution in [3.63, 3.8) is 0 Å². The second-order valence-electron chi connectivity index (χ2n) is 4.82. The second kappa shape index (κ2) is 3.22. The average molecular weight is 266 g/mol. The fraction of sp³-hybridized carbons (Fsp3) is 0.143. The highest BCUT2D eigenvalue weighted by atomic mass is 15.3. The van der Waals surface area contributed by atoms with Gasteiger partial charge in [-0.1, -0.05) is 6.07 Å². The summed E-state index contributed by atoms with van der Waals surface area (Å²) in [5, 5.41) is 0. The predicted octanol–water partition coefficient (Wildman–Crippen LogP) is 0.932. The highest BCUT2D eigenvalue weighted by molar-refractivity contribution is 5.75. The van der Waals surface area contributed by atoms with Gasteiger partial charge in [-0.3, -0.25) is 0 Å². The number of nitrogens with zero attached hydrogens (tertiary/aromatic N) is 6. The first-order chi connectivity index (χ1) is 11.1. The minimum absolute atomic E-state index is 0.421. The van der Waals surface area contributed by atoms with E-state index in [-0.39, 0.29) is 0 Å². The fourth-order valence-corrected chi connectivity index (χ4v) is 2.92. The summed E-state index contributed by atoms with van der Waals surface area (Å²) in [6, 6.07) is 5.59. The molecule has 1 aliphatic rings. The Morgan fingerprint density at radius 3 is 3.30 bits per heavy atom. The first-order valence-corrected chi connectivity index (χ1v) is 6.27. The number of fused-ring (bicyclic) bond motifs is 7. The van der Waals surface area contributed by atoms with Crippen molar-refractivity contribution in [2.24, 2.45) is 6.98 Å². The molecule has 0 radical (unpaired) electrons. The summed E-state index contributed by atoms with van der Waals surface area (Å²) < 4.78 is 28.9. The molecule has 0 aromatic carbocycles. The van der Waals surface area contributed by atoms with Crippen molar-refractivity contribution in [1.82, 2.24) is 23.9 Å². The summed E-state index contributed by atoms with van der Waals surface area (Å²) in [6.07, 6.45) is 4.97. The number of aromatic nitrogens is 6. The minimum Gasteiger partial charge on any atom is -0.249 e. The average Bonchev–Trinajstić information content (AvgIpc) is 3.12. The molecular formula is C14H11N6+. The molecule has 0 spiro atoms. The molecule has 5 rings (SSSR count). The SMILES string of the molecule is [2H]C([2H])([2H])n1c2[n+](c3c1nc1ccncn13)Cc1cccnc1-2. The zero-order chi connectivity index (χ0) is 15.8. The van der Waals surface area contributed by atoms with E-state index < -0.39 is 6.98 Å². The number of aryl methyl sites for hydroxylation is 1. The molecule has 0 atom stereocenters. The topological polar surface area (TPSA) is 51.9 Å². The Labute approximate surface area is 118 Å². The molecule has 0 fully saturated rings. The Morgan fingerprint density at radius 1 is 1.35 bits per heavy atom. The molecule has 6 nitrogen and oxygen atoms in total. The van der Waals surface area contributed by atoms with Crippen LogP contribution in [0.5, 0.6) is 0 Å². The van der Waals surface area contributed by atoms with E-state index in [1.54, 1.807) is 24.8 Å². The molecule has 0 saturated heterocycles. The maximum absolute atomic E-state index is 7.95. The Balaban J connectivity index is 2.01. The molecule has 6 heteroatoms. The highest BCUT2D eigenvalue weighted by Crippen LogP contribution is 2.28. The van der Waals surface area contributed by atoms with E-state index in [0.717, 1.165) is 11.2 Å². The molecule has 0 bridgehead atoms. The molecule has 0 unspecified atom stereocenters. The van der Waals surface area contributed by atoms with Gasteiger partial charge in [-0.05, 0) is 6.07 Å². The second-order valence-corrected chi connectivity index (χ2v) is 4.82. The summed E-state index contributed by atoms with van der Waals surface area (Å²) in [6.45, 7) is -1.77. The maximum atomic E-state index is 7.95. The Bertz CT molecular complexity index is 1090. The van der Waals surface area contributed by atoms with Crippen LogP contribution < -0.4 is 4.57 Å². The summed E-state index contributed by atoms with van der Waals surface area (Å²) >= 11 is 0. The maximum Gasteiger partial charge on any atom is 0.296 e. The first kappa shape index (κ1) is 7.74. The fourth-order valence-electron chi connectivity index (χ4n) is 2.92. The molecular weight excluding hydrogens is 252 g/mol. The van der Waals surface area contributed by atoms with Crippen LogP contribution in [0.25, 0.3) is 28.5 Å². The summed E-state index contributed by atoms with van der Waals surface area (Å²) in [5.74, 6) is 0.566. The van der Waals surface area contributed by atoms with E-state index >= 15 is 0 Å². The molecule has 20 heavy (non-hydrogen) atoms. The number of rotatable bonds is 0. The van der Waals surface area contributed by atoms with E-state index in [4.69, 9.17) is 4.11 Å². The number of imidazole rings is 2. The third-order valence-electron chi connectivity index (χ3n) is 3.75. The van der Waals surface area contributed by atoms with Gasteiger partial charge in [0, 0.05) is 24.0 Å². The van der Waals surface area contributed by atoms with Crippen molar-refractivity contribution in [3.8, 4) is 11.5 Å². The molecule has 4 aromatic rings. The zero-order valence-corrected chi connectivity index (χ0v) is 10.4. The number of hydrogen-bond acceptors (Lipinski definition) is 3. The van der Waals surface area contributed by atoms with Gasteiger partial charge in [0.05, 0.1) is 17.6 Å². The monoisotopic (exact) mass is 266 g/mol. The van der Waals surface area contributed by atoms with Gasteiger partial charge in [0.2, 0.25) is 5.65 Å². The lowest BCUT2D eigenvalue weighted by atomic mass is 10.2. The van der Waals surface area contributed by atoms with Crippen molar-refractivity contribution in [3.05, 3.63) is 42.5 Å². The summed E-state index contributed by atoms with van der Waals surface area (Å²) in [5.41, 5.74) is 3.50. The highest BCUT2D eigenvalue weighted by Gasteiger charge is 2.34. The molecule has 0 aliphatic carbocycles. The largest absolute Gasteiger partial charge is 0.296 e. The summed E-state index contributed by atoms with van der Waals surface area (Å²) in [4.78, 5) is 13.0. The van der Waals surface area contributed by atoms with Crippen LogP contribution in [-0.4, -0.2) is 23.9 Å². The summed E-state index contributed by atoms with van der Waals surface area (Å²) in [7, 11) is 0. The standard InChI is InChI=1S/C14H11N6/c1-18-12-14(20-8-15-6-4-10(20)17-12)19-7-9-3-2-5-16-11(9)13(18)19/h2-6,8H,7H2,1H3/q+1/i1D3. The van der Waals surface area contributed by atoms with E-state index in [1.807, 2.05) is 21.1 Å². The third-order valence-corrected chi connectivity index (χ3v) is 3.75. The normalized spacial score (nSPS) is 15.9. The smallest absolute Gasteiger partial charge is 0.249 e. The molecule has 96 valence electrons. The van der Waals surface area contributed by atoms with Crippen LogP contribution in [0.3, 0.4) is 0 Å². The van der Waals surface area contributed by atoms with Crippen molar-refractivity contribution < 1.29 is 8.68 Å². The van der Waals surface area contributed by atoms with Crippen LogP contribution in [0, 0.1) is 0 Å². The van der Waals surface area contributed by atoms with Gasteiger partial charge >= 0.3 is 0 Å². The van der Waals surface area contributed by atoms with Gasteiger partial charge in [-0.2, -0.15) is 9.38 Å². The van der Waals surface area contributed by atoms with Gasteiger partial charge in [-0.25, -0.2) is 19.1 Å². The van der Waals surface area contributed by atoms with Crippen molar-refractivity contribution in [1.29, 1.82) is 0 Å². The van der Waals surface area contributed by atoms with Gasteiger partial charge in [-0.15, -0.1) is 0 Å². The van der Waals surface area contributed by atoms with Crippen LogP contribution in [0.4, 0.5) is 0 Å². The van der Waals surface area contributed by atoms with E-state index in [9.17, 15) is 0 Å². The molecule has 0 amide bonds. The van der Waals surface area contributed by atoms with Crippen molar-refractivity contribution in [2.45, 2.75) is 6.54 Å². The van der Waals surface area contributed by atoms with E-state index in [2.05, 4.69) is 15.0 Å². The third kappa shape index (κ3) is 1.01. The molecule has 0 N–H and O–H groups in total. The molecule has 4 aromatic heterocycles. The number of pyridine rings is 1. The van der Waals surface area contributed by atoms with Crippen LogP contribution in [0.15, 0.2) is 36.9 Å². The van der Waals surface area contributed by atoms with Gasteiger partial charge < -0.3 is 0 Å². The molecule has 5 heterocycles. The lowest BCUT2D eigenvalue weighted by molar-refractivity contribution is -0.648.